The first-order valence-electron chi connectivity index (χ1n) is 8.80. The largest absolute Gasteiger partial charge is 0.324 e. The van der Waals surface area contributed by atoms with Gasteiger partial charge in [0.05, 0.1) is 29.3 Å². The molecule has 1 unspecified atom stereocenters. The van der Waals surface area contributed by atoms with Crippen LogP contribution in [0.1, 0.15) is 25.3 Å². The van der Waals surface area contributed by atoms with Gasteiger partial charge in [-0.15, -0.1) is 11.8 Å². The van der Waals surface area contributed by atoms with E-state index in [0.717, 1.165) is 15.1 Å². The number of rotatable bonds is 7. The third kappa shape index (κ3) is 4.18. The summed E-state index contributed by atoms with van der Waals surface area (Å²) in [6, 6.07) is 13.9. The summed E-state index contributed by atoms with van der Waals surface area (Å²) in [5.74, 6) is 0.0200. The van der Waals surface area contributed by atoms with E-state index in [2.05, 4.69) is 10.3 Å². The Morgan fingerprint density at radius 1 is 1.21 bits per heavy atom. The number of amides is 1. The van der Waals surface area contributed by atoms with Crippen LogP contribution >= 0.6 is 11.8 Å². The van der Waals surface area contributed by atoms with Gasteiger partial charge in [0.2, 0.25) is 5.91 Å². The zero-order valence-corrected chi connectivity index (χ0v) is 16.7. The number of thioether (sulfide) groups is 1. The van der Waals surface area contributed by atoms with Crippen molar-refractivity contribution in [2.45, 2.75) is 24.4 Å². The molecule has 1 N–H and O–H groups in total. The molecule has 28 heavy (non-hydrogen) atoms. The van der Waals surface area contributed by atoms with Gasteiger partial charge in [-0.2, -0.15) is 8.78 Å². The van der Waals surface area contributed by atoms with Gasteiger partial charge in [-0.1, -0.05) is 24.3 Å². The normalized spacial score (nSPS) is 12.7. The van der Waals surface area contributed by atoms with E-state index in [-0.39, 0.29) is 18.3 Å². The minimum Gasteiger partial charge on any atom is -0.324 e. The van der Waals surface area contributed by atoms with E-state index in [1.807, 2.05) is 30.5 Å². The first kappa shape index (κ1) is 20.3. The van der Waals surface area contributed by atoms with Crippen LogP contribution in [-0.4, -0.2) is 40.2 Å². The molecule has 148 valence electrons. The fourth-order valence-electron chi connectivity index (χ4n) is 3.06. The third-order valence-corrected chi connectivity index (χ3v) is 5.42. The molecule has 5 nitrogen and oxygen atoms in total. The Bertz CT molecular complexity index is 976. The Morgan fingerprint density at radius 2 is 1.89 bits per heavy atom. The number of hydrogen-bond acceptors (Lipinski definition) is 4. The molecule has 3 rings (SSSR count). The number of hydrogen-bond donors (Lipinski definition) is 1. The summed E-state index contributed by atoms with van der Waals surface area (Å²) in [4.78, 5) is 19.5. The molecular formula is C20H22F2N4OS. The monoisotopic (exact) mass is 404 g/mol. The molecule has 1 amide bonds. The van der Waals surface area contributed by atoms with E-state index in [1.54, 1.807) is 54.9 Å². The number of fused-ring (bicyclic) bond motifs is 1. The number of imidazole rings is 1. The lowest BCUT2D eigenvalue weighted by molar-refractivity contribution is -0.117. The van der Waals surface area contributed by atoms with Crippen molar-refractivity contribution in [3.8, 4) is 0 Å². The number of benzene rings is 2. The van der Waals surface area contributed by atoms with Crippen LogP contribution in [0.3, 0.4) is 0 Å². The molecule has 1 aromatic heterocycles. The summed E-state index contributed by atoms with van der Waals surface area (Å²) in [5, 5.41) is 2.89. The van der Waals surface area contributed by atoms with Gasteiger partial charge in [0.1, 0.15) is 5.82 Å². The number of alkyl halides is 2. The highest BCUT2D eigenvalue weighted by atomic mass is 32.2. The second-order valence-electron chi connectivity index (χ2n) is 6.45. The second-order valence-corrected chi connectivity index (χ2v) is 7.29. The average Bonchev–Trinajstić information content (AvgIpc) is 3.07. The molecule has 3 aromatic rings. The van der Waals surface area contributed by atoms with Crippen molar-refractivity contribution in [3.63, 3.8) is 0 Å². The first-order valence-corrected chi connectivity index (χ1v) is 10.0. The molecule has 0 aliphatic heterocycles. The maximum atomic E-state index is 13.7. The number of anilines is 1. The zero-order chi connectivity index (χ0) is 20.3. The number of halogens is 2. The maximum Gasteiger partial charge on any atom is 0.320 e. The van der Waals surface area contributed by atoms with Crippen molar-refractivity contribution in [2.75, 3.05) is 25.2 Å². The fraction of sp³-hybridized carbons (Fsp3) is 0.300. The molecule has 1 heterocycles. The SMILES string of the molecule is CSc1ccccc1NC(=O)CN(C)C(C)c1nc2ccccc2n1C(F)F. The minimum atomic E-state index is -2.71. The van der Waals surface area contributed by atoms with Gasteiger partial charge in [0, 0.05) is 4.90 Å². The Morgan fingerprint density at radius 3 is 2.61 bits per heavy atom. The maximum absolute atomic E-state index is 13.7. The summed E-state index contributed by atoms with van der Waals surface area (Å²) in [5.41, 5.74) is 1.63. The van der Waals surface area contributed by atoms with E-state index >= 15 is 0 Å². The number of nitrogens with zero attached hydrogens (tertiary/aromatic N) is 3. The van der Waals surface area contributed by atoms with E-state index < -0.39 is 12.6 Å². The molecule has 1 atom stereocenters. The predicted molar refractivity (Wildman–Crippen MR) is 109 cm³/mol. The van der Waals surface area contributed by atoms with Crippen molar-refractivity contribution in [2.24, 2.45) is 0 Å². The van der Waals surface area contributed by atoms with E-state index in [0.29, 0.717) is 11.0 Å². The molecule has 0 saturated carbocycles. The van der Waals surface area contributed by atoms with Gasteiger partial charge in [-0.05, 0) is 44.5 Å². The molecule has 0 bridgehead atoms. The van der Waals surface area contributed by atoms with Gasteiger partial charge in [0.15, 0.2) is 0 Å². The Hall–Kier alpha value is -2.45. The summed E-state index contributed by atoms with van der Waals surface area (Å²) in [6.07, 6.45) is 1.94. The molecule has 0 spiro atoms. The molecule has 0 aliphatic carbocycles. The van der Waals surface area contributed by atoms with Crippen LogP contribution in [0.2, 0.25) is 0 Å². The Labute approximate surface area is 166 Å². The highest BCUT2D eigenvalue weighted by Gasteiger charge is 2.25. The van der Waals surface area contributed by atoms with Crippen LogP contribution in [0.25, 0.3) is 11.0 Å². The number of nitrogens with one attached hydrogen (secondary N) is 1. The molecule has 0 fully saturated rings. The van der Waals surface area contributed by atoms with Gasteiger partial charge in [-0.25, -0.2) is 4.98 Å². The highest BCUT2D eigenvalue weighted by Crippen LogP contribution is 2.29. The summed E-state index contributed by atoms with van der Waals surface area (Å²) in [6.45, 7) is -0.889. The number of carbonyl (C=O) groups excluding carboxylic acids is 1. The number of para-hydroxylation sites is 3. The molecule has 2 aromatic carbocycles. The van der Waals surface area contributed by atoms with Crippen molar-refractivity contribution < 1.29 is 13.6 Å². The molecule has 0 radical (unpaired) electrons. The molecule has 8 heteroatoms. The van der Waals surface area contributed by atoms with E-state index in [1.165, 1.54) is 0 Å². The quantitative estimate of drug-likeness (QED) is 0.576. The number of likely N-dealkylation sites (N-methyl/N-ethyl adjacent to an activating group) is 1. The lowest BCUT2D eigenvalue weighted by Crippen LogP contribution is -2.33. The van der Waals surface area contributed by atoms with Gasteiger partial charge in [-0.3, -0.25) is 14.3 Å². The minimum absolute atomic E-state index is 0.0519. The zero-order valence-electron chi connectivity index (χ0n) is 15.9. The van der Waals surface area contributed by atoms with Crippen LogP contribution in [0.4, 0.5) is 14.5 Å². The molecular weight excluding hydrogens is 382 g/mol. The van der Waals surface area contributed by atoms with Crippen LogP contribution in [0.5, 0.6) is 0 Å². The van der Waals surface area contributed by atoms with Crippen molar-refractivity contribution in [1.82, 2.24) is 14.5 Å². The lowest BCUT2D eigenvalue weighted by atomic mass is 10.2. The van der Waals surface area contributed by atoms with Crippen molar-refractivity contribution in [3.05, 3.63) is 54.4 Å². The Kier molecular flexibility index (Phi) is 6.31. The Balaban J connectivity index is 1.77. The molecule has 0 saturated heterocycles. The number of aromatic nitrogens is 2. The third-order valence-electron chi connectivity index (χ3n) is 4.63. The van der Waals surface area contributed by atoms with Crippen LogP contribution in [0.15, 0.2) is 53.4 Å². The predicted octanol–water partition coefficient (Wildman–Crippen LogP) is 4.78. The van der Waals surface area contributed by atoms with Gasteiger partial charge < -0.3 is 5.32 Å². The fourth-order valence-corrected chi connectivity index (χ4v) is 3.61. The van der Waals surface area contributed by atoms with Gasteiger partial charge >= 0.3 is 6.55 Å². The lowest BCUT2D eigenvalue weighted by Gasteiger charge is -2.24. The van der Waals surface area contributed by atoms with Crippen LogP contribution in [-0.2, 0) is 4.79 Å². The van der Waals surface area contributed by atoms with E-state index in [4.69, 9.17) is 0 Å². The van der Waals surface area contributed by atoms with E-state index in [9.17, 15) is 13.6 Å². The number of carbonyl (C=O) groups is 1. The smallest absolute Gasteiger partial charge is 0.320 e. The second kappa shape index (κ2) is 8.70. The van der Waals surface area contributed by atoms with Crippen molar-refractivity contribution >= 4 is 34.4 Å². The summed E-state index contributed by atoms with van der Waals surface area (Å²) in [7, 11) is 1.72. The van der Waals surface area contributed by atoms with Crippen LogP contribution in [0, 0.1) is 0 Å². The topological polar surface area (TPSA) is 50.2 Å². The molecule has 0 aliphatic rings. The highest BCUT2D eigenvalue weighted by molar-refractivity contribution is 7.98. The first-order chi connectivity index (χ1) is 13.4. The summed E-state index contributed by atoms with van der Waals surface area (Å²) >= 11 is 1.54. The standard InChI is InChI=1S/C20H22F2N4OS/c1-13(19-24-14-8-4-6-10-16(14)26(19)20(21)22)25(2)12-18(27)23-15-9-5-7-11-17(15)28-3/h4-11,13,20H,12H2,1-3H3,(H,23,27). The van der Waals surface area contributed by atoms with Crippen molar-refractivity contribution in [1.29, 1.82) is 0 Å². The average molecular weight is 404 g/mol. The summed E-state index contributed by atoms with van der Waals surface area (Å²) < 4.78 is 28.3. The van der Waals surface area contributed by atoms with Gasteiger partial charge in [0.25, 0.3) is 0 Å². The van der Waals surface area contributed by atoms with Crippen LogP contribution < -0.4 is 5.32 Å².